The molecule has 1 aromatic heterocycles. The monoisotopic (exact) mass is 426 g/mol. The topological polar surface area (TPSA) is 104 Å². The van der Waals surface area contributed by atoms with Crippen LogP contribution >= 0.6 is 0 Å². The largest absolute Gasteiger partial charge is 0.322 e. The number of carbonyl (C=O) groups is 1. The highest BCUT2D eigenvalue weighted by molar-refractivity contribution is 7.91. The highest BCUT2D eigenvalue weighted by Gasteiger charge is 2.23. The van der Waals surface area contributed by atoms with Gasteiger partial charge >= 0.3 is 0 Å². The maximum Gasteiger partial charge on any atom is 0.256 e. The first kappa shape index (κ1) is 19.0. The molecule has 7 nitrogen and oxygen atoms in total. The zero-order valence-electron chi connectivity index (χ0n) is 16.0. The van der Waals surface area contributed by atoms with Crippen LogP contribution < -0.4 is 10.6 Å². The number of benzene rings is 2. The summed E-state index contributed by atoms with van der Waals surface area (Å²) in [6.07, 6.45) is 3.71. The summed E-state index contributed by atoms with van der Waals surface area (Å²) in [5, 5.41) is 13.3. The lowest BCUT2D eigenvalue weighted by molar-refractivity contribution is 0.102. The van der Waals surface area contributed by atoms with Crippen molar-refractivity contribution >= 4 is 37.9 Å². The van der Waals surface area contributed by atoms with Gasteiger partial charge in [-0.3, -0.25) is 9.89 Å². The molecule has 3 N–H and O–H groups in total. The Kier molecular flexibility index (Phi) is 4.44. The number of hydrogen-bond acceptors (Lipinski definition) is 5. The van der Waals surface area contributed by atoms with Gasteiger partial charge in [-0.05, 0) is 52.9 Å². The minimum absolute atomic E-state index is 0.0306. The second-order valence-corrected chi connectivity index (χ2v) is 9.83. The summed E-state index contributed by atoms with van der Waals surface area (Å²) >= 11 is 0. The van der Waals surface area contributed by atoms with E-state index >= 15 is 0 Å². The van der Waals surface area contributed by atoms with E-state index in [0.717, 1.165) is 22.3 Å². The summed E-state index contributed by atoms with van der Waals surface area (Å²) in [5.74, 6) is -0.801. The lowest BCUT2D eigenvalue weighted by Crippen LogP contribution is -2.16. The number of H-pyrrole nitrogens is 1. The molecule has 0 atom stereocenters. The molecule has 0 saturated carbocycles. The van der Waals surface area contributed by atoms with Gasteiger partial charge in [0.05, 0.1) is 28.8 Å². The molecule has 0 radical (unpaired) electrons. The summed E-state index contributed by atoms with van der Waals surface area (Å²) in [6, 6.07) is 6.27. The fraction of sp³-hybridized carbons (Fsp3) is 0.238. The van der Waals surface area contributed by atoms with Crippen LogP contribution in [0.1, 0.15) is 33.5 Å². The van der Waals surface area contributed by atoms with Crippen molar-refractivity contribution in [2.24, 2.45) is 0 Å². The van der Waals surface area contributed by atoms with E-state index in [0.29, 0.717) is 36.1 Å². The summed E-state index contributed by atoms with van der Waals surface area (Å²) in [7, 11) is -3.03. The highest BCUT2D eigenvalue weighted by atomic mass is 32.2. The molecule has 3 aromatic rings. The number of rotatable bonds is 3. The van der Waals surface area contributed by atoms with Crippen molar-refractivity contribution in [3.8, 4) is 0 Å². The number of hydrogen-bond donors (Lipinski definition) is 3. The number of aromatic amines is 1. The van der Waals surface area contributed by atoms with Crippen molar-refractivity contribution in [2.75, 3.05) is 16.8 Å². The minimum atomic E-state index is -3.03. The Morgan fingerprint density at radius 3 is 2.83 bits per heavy atom. The van der Waals surface area contributed by atoms with Gasteiger partial charge in [0.15, 0.2) is 9.84 Å². The van der Waals surface area contributed by atoms with Crippen molar-refractivity contribution in [1.29, 1.82) is 0 Å². The number of nitrogens with zero attached hydrogens (tertiary/aromatic N) is 1. The molecule has 3 heterocycles. The molecule has 0 unspecified atom stereocenters. The summed E-state index contributed by atoms with van der Waals surface area (Å²) < 4.78 is 37.5. The molecule has 154 valence electrons. The van der Waals surface area contributed by atoms with Crippen molar-refractivity contribution in [1.82, 2.24) is 15.5 Å². The molecule has 0 aliphatic carbocycles. The van der Waals surface area contributed by atoms with Gasteiger partial charge in [0.25, 0.3) is 5.91 Å². The summed E-state index contributed by atoms with van der Waals surface area (Å²) in [5.41, 5.74) is 5.35. The number of sulfone groups is 1. The maximum atomic E-state index is 13.9. The van der Waals surface area contributed by atoms with Crippen LogP contribution in [0.4, 0.5) is 10.1 Å². The molecule has 9 heteroatoms. The normalized spacial score (nSPS) is 17.6. The van der Waals surface area contributed by atoms with Crippen LogP contribution in [0.25, 0.3) is 16.5 Å². The summed E-state index contributed by atoms with van der Waals surface area (Å²) in [6.45, 7) is 1.37. The van der Waals surface area contributed by atoms with Crippen LogP contribution in [0.15, 0.2) is 36.5 Å². The van der Waals surface area contributed by atoms with Gasteiger partial charge in [0.2, 0.25) is 0 Å². The smallest absolute Gasteiger partial charge is 0.256 e. The van der Waals surface area contributed by atoms with E-state index in [2.05, 4.69) is 20.8 Å². The Morgan fingerprint density at radius 1 is 1.17 bits per heavy atom. The van der Waals surface area contributed by atoms with Crippen molar-refractivity contribution in [3.05, 3.63) is 64.6 Å². The van der Waals surface area contributed by atoms with Gasteiger partial charge < -0.3 is 10.6 Å². The zero-order chi connectivity index (χ0) is 20.9. The third kappa shape index (κ3) is 3.40. The number of amides is 1. The molecule has 0 fully saturated rings. The maximum absolute atomic E-state index is 13.9. The SMILES string of the molecule is O=C(Nc1cc2c(c(C3=CCS(=O)(=O)CC3)c1)CNC2)c1cc(F)cc2[nH]ncc12. The number of carbonyl (C=O) groups excluding carboxylic acids is 1. The first-order chi connectivity index (χ1) is 14.4. The molecule has 30 heavy (non-hydrogen) atoms. The molecule has 0 spiro atoms. The van der Waals surface area contributed by atoms with Crippen LogP contribution in [-0.2, 0) is 22.9 Å². The Hall–Kier alpha value is -3.04. The first-order valence-electron chi connectivity index (χ1n) is 9.60. The molecular weight excluding hydrogens is 407 g/mol. The Bertz CT molecular complexity index is 1330. The van der Waals surface area contributed by atoms with E-state index in [1.54, 1.807) is 6.08 Å². The fourth-order valence-electron chi connectivity index (χ4n) is 4.10. The molecule has 2 aromatic carbocycles. The van der Waals surface area contributed by atoms with Crippen molar-refractivity contribution in [2.45, 2.75) is 19.5 Å². The second kappa shape index (κ2) is 7.03. The molecule has 0 saturated heterocycles. The van der Waals surface area contributed by atoms with Crippen molar-refractivity contribution in [3.63, 3.8) is 0 Å². The highest BCUT2D eigenvalue weighted by Crippen LogP contribution is 2.33. The van der Waals surface area contributed by atoms with Gasteiger partial charge in [-0.25, -0.2) is 12.8 Å². The van der Waals surface area contributed by atoms with E-state index in [1.807, 2.05) is 12.1 Å². The first-order valence-corrected chi connectivity index (χ1v) is 11.4. The van der Waals surface area contributed by atoms with Crippen LogP contribution in [-0.4, -0.2) is 36.0 Å². The average Bonchev–Trinajstić information content (AvgIpc) is 3.35. The Labute approximate surface area is 172 Å². The third-order valence-corrected chi connectivity index (χ3v) is 7.10. The van der Waals surface area contributed by atoms with Crippen molar-refractivity contribution < 1.29 is 17.6 Å². The number of anilines is 1. The zero-order valence-corrected chi connectivity index (χ0v) is 16.8. The lowest BCUT2D eigenvalue weighted by atomic mass is 9.94. The number of nitrogens with one attached hydrogen (secondary N) is 3. The predicted molar refractivity (Wildman–Crippen MR) is 112 cm³/mol. The fourth-order valence-corrected chi connectivity index (χ4v) is 5.26. The van der Waals surface area contributed by atoms with Gasteiger partial charge in [0, 0.05) is 24.2 Å². The minimum Gasteiger partial charge on any atom is -0.322 e. The second-order valence-electron chi connectivity index (χ2n) is 7.60. The third-order valence-electron chi connectivity index (χ3n) is 5.60. The molecule has 5 rings (SSSR count). The van der Waals surface area contributed by atoms with E-state index in [-0.39, 0.29) is 17.1 Å². The van der Waals surface area contributed by atoms with Crippen LogP contribution in [0.5, 0.6) is 0 Å². The standard InChI is InChI=1S/C21H19FN4O3S/c22-14-6-17(19-11-24-26-20(19)7-14)21(27)25-15-5-13-9-23-10-18(13)16(8-15)12-1-3-30(28,29)4-2-12/h1,5-8,11,23H,2-4,9-10H2,(H,24,26)(H,25,27). The quantitative estimate of drug-likeness (QED) is 0.598. The molecular formula is C21H19FN4O3S. The lowest BCUT2D eigenvalue weighted by Gasteiger charge is -2.18. The molecule has 2 aliphatic rings. The van der Waals surface area contributed by atoms with Gasteiger partial charge in [0.1, 0.15) is 5.82 Å². The summed E-state index contributed by atoms with van der Waals surface area (Å²) in [4.78, 5) is 12.9. The predicted octanol–water partition coefficient (Wildman–Crippen LogP) is 2.76. The number of allylic oxidation sites excluding steroid dienone is 1. The average molecular weight is 426 g/mol. The van der Waals surface area contributed by atoms with E-state index < -0.39 is 21.6 Å². The molecule has 1 amide bonds. The number of halogens is 1. The van der Waals surface area contributed by atoms with E-state index in [9.17, 15) is 17.6 Å². The Balaban J connectivity index is 1.52. The number of aromatic nitrogens is 2. The van der Waals surface area contributed by atoms with Gasteiger partial charge in [-0.1, -0.05) is 6.08 Å². The van der Waals surface area contributed by atoms with E-state index in [4.69, 9.17) is 0 Å². The van der Waals surface area contributed by atoms with Gasteiger partial charge in [-0.15, -0.1) is 0 Å². The Morgan fingerprint density at radius 2 is 2.03 bits per heavy atom. The molecule has 2 aliphatic heterocycles. The van der Waals surface area contributed by atoms with Crippen LogP contribution in [0.2, 0.25) is 0 Å². The van der Waals surface area contributed by atoms with Crippen LogP contribution in [0, 0.1) is 5.82 Å². The van der Waals surface area contributed by atoms with Crippen LogP contribution in [0.3, 0.4) is 0 Å². The number of fused-ring (bicyclic) bond motifs is 2. The van der Waals surface area contributed by atoms with Gasteiger partial charge in [-0.2, -0.15) is 5.10 Å². The van der Waals surface area contributed by atoms with E-state index in [1.165, 1.54) is 18.3 Å². The molecule has 0 bridgehead atoms.